The van der Waals surface area contributed by atoms with Crippen LogP contribution < -0.4 is 14.8 Å². The van der Waals surface area contributed by atoms with Crippen molar-refractivity contribution in [3.05, 3.63) is 54.1 Å². The highest BCUT2D eigenvalue weighted by Crippen LogP contribution is 2.32. The SMILES string of the molecule is CC(C)Cc1nc(C(=O)Nc2ccc3c(c2)OCCO3)c2ccccn12. The molecule has 26 heavy (non-hydrogen) atoms. The Balaban J connectivity index is 1.64. The van der Waals surface area contributed by atoms with Gasteiger partial charge in [-0.1, -0.05) is 19.9 Å². The van der Waals surface area contributed by atoms with Crippen LogP contribution in [0.3, 0.4) is 0 Å². The molecule has 1 aliphatic rings. The summed E-state index contributed by atoms with van der Waals surface area (Å²) in [4.78, 5) is 17.4. The Kier molecular flexibility index (Phi) is 4.24. The molecule has 0 unspecified atom stereocenters. The summed E-state index contributed by atoms with van der Waals surface area (Å²) < 4.78 is 13.1. The summed E-state index contributed by atoms with van der Waals surface area (Å²) in [6.45, 7) is 5.32. The maximum atomic E-state index is 12.8. The Morgan fingerprint density at radius 3 is 2.81 bits per heavy atom. The topological polar surface area (TPSA) is 64.9 Å². The van der Waals surface area contributed by atoms with E-state index in [1.54, 1.807) is 18.2 Å². The van der Waals surface area contributed by atoms with Gasteiger partial charge in [0.05, 0.1) is 5.52 Å². The van der Waals surface area contributed by atoms with E-state index in [-0.39, 0.29) is 5.91 Å². The van der Waals surface area contributed by atoms with Gasteiger partial charge in [-0.2, -0.15) is 0 Å². The fraction of sp³-hybridized carbons (Fsp3) is 0.300. The Labute approximate surface area is 151 Å². The fourth-order valence-electron chi connectivity index (χ4n) is 3.09. The summed E-state index contributed by atoms with van der Waals surface area (Å²) in [6, 6.07) is 11.2. The van der Waals surface area contributed by atoms with Gasteiger partial charge in [-0.05, 0) is 30.2 Å². The van der Waals surface area contributed by atoms with Gasteiger partial charge in [-0.3, -0.25) is 4.79 Å². The zero-order chi connectivity index (χ0) is 18.1. The number of hydrogen-bond donors (Lipinski definition) is 1. The molecule has 6 heteroatoms. The lowest BCUT2D eigenvalue weighted by molar-refractivity contribution is 0.102. The highest BCUT2D eigenvalue weighted by atomic mass is 16.6. The van der Waals surface area contributed by atoms with E-state index < -0.39 is 0 Å². The van der Waals surface area contributed by atoms with E-state index in [2.05, 4.69) is 24.1 Å². The number of hydrogen-bond acceptors (Lipinski definition) is 4. The van der Waals surface area contributed by atoms with Crippen molar-refractivity contribution in [2.75, 3.05) is 18.5 Å². The van der Waals surface area contributed by atoms with E-state index in [4.69, 9.17) is 9.47 Å². The maximum Gasteiger partial charge on any atom is 0.276 e. The van der Waals surface area contributed by atoms with Crippen LogP contribution in [-0.2, 0) is 6.42 Å². The molecule has 0 radical (unpaired) electrons. The largest absolute Gasteiger partial charge is 0.486 e. The number of carbonyl (C=O) groups excluding carboxylic acids is 1. The van der Waals surface area contributed by atoms with Gasteiger partial charge in [-0.15, -0.1) is 0 Å². The van der Waals surface area contributed by atoms with Crippen LogP contribution in [0, 0.1) is 5.92 Å². The lowest BCUT2D eigenvalue weighted by atomic mass is 10.1. The number of fused-ring (bicyclic) bond motifs is 2. The fourth-order valence-corrected chi connectivity index (χ4v) is 3.09. The quantitative estimate of drug-likeness (QED) is 0.781. The van der Waals surface area contributed by atoms with Gasteiger partial charge in [0.25, 0.3) is 5.91 Å². The molecular weight excluding hydrogens is 330 g/mol. The van der Waals surface area contributed by atoms with Crippen LogP contribution in [0.1, 0.15) is 30.2 Å². The lowest BCUT2D eigenvalue weighted by Gasteiger charge is -2.18. The minimum atomic E-state index is -0.236. The zero-order valence-electron chi connectivity index (χ0n) is 14.9. The van der Waals surface area contributed by atoms with E-state index in [9.17, 15) is 4.79 Å². The number of ether oxygens (including phenoxy) is 2. The monoisotopic (exact) mass is 351 g/mol. The summed E-state index contributed by atoms with van der Waals surface area (Å²) in [6.07, 6.45) is 2.75. The number of imidazole rings is 1. The molecule has 1 N–H and O–H groups in total. The number of nitrogens with one attached hydrogen (secondary N) is 1. The Morgan fingerprint density at radius 1 is 1.19 bits per heavy atom. The first kappa shape index (κ1) is 16.4. The molecule has 0 atom stereocenters. The third-order valence-corrected chi connectivity index (χ3v) is 4.23. The number of aromatic nitrogens is 2. The Morgan fingerprint density at radius 2 is 2.00 bits per heavy atom. The van der Waals surface area contributed by atoms with Gasteiger partial charge in [0.2, 0.25) is 0 Å². The second-order valence-electron chi connectivity index (χ2n) is 6.74. The van der Waals surface area contributed by atoms with Crippen molar-refractivity contribution < 1.29 is 14.3 Å². The Hall–Kier alpha value is -3.02. The number of carbonyl (C=O) groups is 1. The van der Waals surface area contributed by atoms with Gasteiger partial charge in [0.1, 0.15) is 19.0 Å². The third kappa shape index (κ3) is 3.10. The van der Waals surface area contributed by atoms with Crippen molar-refractivity contribution in [1.82, 2.24) is 9.38 Å². The van der Waals surface area contributed by atoms with Gasteiger partial charge >= 0.3 is 0 Å². The molecule has 0 spiro atoms. The first-order valence-corrected chi connectivity index (χ1v) is 8.79. The second-order valence-corrected chi connectivity index (χ2v) is 6.74. The number of pyridine rings is 1. The standard InChI is InChI=1S/C20H21N3O3/c1-13(2)11-18-22-19(15-5-3-4-8-23(15)18)20(24)21-14-6-7-16-17(12-14)26-10-9-25-16/h3-8,12-13H,9-11H2,1-2H3,(H,21,24). The summed E-state index contributed by atoms with van der Waals surface area (Å²) >= 11 is 0. The highest BCUT2D eigenvalue weighted by molar-refractivity contribution is 6.07. The van der Waals surface area contributed by atoms with Crippen LogP contribution in [-0.4, -0.2) is 28.5 Å². The molecule has 1 aromatic carbocycles. The number of nitrogens with zero attached hydrogens (tertiary/aromatic N) is 2. The number of amides is 1. The molecule has 1 aliphatic heterocycles. The molecule has 3 heterocycles. The first-order chi connectivity index (χ1) is 12.6. The molecule has 134 valence electrons. The van der Waals surface area contributed by atoms with Crippen molar-refractivity contribution in [2.24, 2.45) is 5.92 Å². The van der Waals surface area contributed by atoms with Crippen molar-refractivity contribution in [3.63, 3.8) is 0 Å². The van der Waals surface area contributed by atoms with E-state index >= 15 is 0 Å². The predicted octanol–water partition coefficient (Wildman–Crippen LogP) is 3.56. The van der Waals surface area contributed by atoms with Crippen molar-refractivity contribution in [2.45, 2.75) is 20.3 Å². The molecule has 2 aromatic heterocycles. The van der Waals surface area contributed by atoms with Crippen molar-refractivity contribution >= 4 is 17.1 Å². The van der Waals surface area contributed by atoms with Crippen LogP contribution in [0.15, 0.2) is 42.6 Å². The Bertz CT molecular complexity index is 962. The summed E-state index contributed by atoms with van der Waals surface area (Å²) in [7, 11) is 0. The number of benzene rings is 1. The van der Waals surface area contributed by atoms with E-state index in [0.29, 0.717) is 42.0 Å². The average molecular weight is 351 g/mol. The van der Waals surface area contributed by atoms with E-state index in [1.165, 1.54) is 0 Å². The number of anilines is 1. The van der Waals surface area contributed by atoms with Crippen molar-refractivity contribution in [1.29, 1.82) is 0 Å². The minimum Gasteiger partial charge on any atom is -0.486 e. The molecule has 0 aliphatic carbocycles. The smallest absolute Gasteiger partial charge is 0.276 e. The predicted molar refractivity (Wildman–Crippen MR) is 99.1 cm³/mol. The number of rotatable bonds is 4. The summed E-state index contributed by atoms with van der Waals surface area (Å²) in [5.74, 6) is 2.45. The molecule has 0 saturated carbocycles. The summed E-state index contributed by atoms with van der Waals surface area (Å²) in [5, 5.41) is 2.92. The normalized spacial score (nSPS) is 13.2. The van der Waals surface area contributed by atoms with Crippen LogP contribution in [0.4, 0.5) is 5.69 Å². The minimum absolute atomic E-state index is 0.236. The van der Waals surface area contributed by atoms with E-state index in [0.717, 1.165) is 17.8 Å². The van der Waals surface area contributed by atoms with Gasteiger partial charge in [0, 0.05) is 24.4 Å². The van der Waals surface area contributed by atoms with Gasteiger partial charge < -0.3 is 19.2 Å². The highest BCUT2D eigenvalue weighted by Gasteiger charge is 2.19. The lowest BCUT2D eigenvalue weighted by Crippen LogP contribution is -2.16. The van der Waals surface area contributed by atoms with Gasteiger partial charge in [-0.25, -0.2) is 4.98 Å². The third-order valence-electron chi connectivity index (χ3n) is 4.23. The molecule has 0 saturated heterocycles. The second kappa shape index (κ2) is 6.71. The van der Waals surface area contributed by atoms with Crippen LogP contribution >= 0.6 is 0 Å². The molecule has 3 aromatic rings. The molecule has 0 fully saturated rings. The van der Waals surface area contributed by atoms with Crippen molar-refractivity contribution in [3.8, 4) is 11.5 Å². The average Bonchev–Trinajstić information content (AvgIpc) is 3.00. The molecule has 4 rings (SSSR count). The first-order valence-electron chi connectivity index (χ1n) is 8.79. The zero-order valence-corrected chi connectivity index (χ0v) is 14.9. The summed E-state index contributed by atoms with van der Waals surface area (Å²) in [5.41, 5.74) is 1.89. The maximum absolute atomic E-state index is 12.8. The van der Waals surface area contributed by atoms with Crippen LogP contribution in [0.25, 0.3) is 5.52 Å². The van der Waals surface area contributed by atoms with Crippen LogP contribution in [0.2, 0.25) is 0 Å². The molecular formula is C20H21N3O3. The molecule has 0 bridgehead atoms. The van der Waals surface area contributed by atoms with Crippen LogP contribution in [0.5, 0.6) is 11.5 Å². The van der Waals surface area contributed by atoms with E-state index in [1.807, 2.05) is 28.8 Å². The van der Waals surface area contributed by atoms with Gasteiger partial charge in [0.15, 0.2) is 17.2 Å². The molecule has 1 amide bonds. The molecule has 6 nitrogen and oxygen atoms in total.